The summed E-state index contributed by atoms with van der Waals surface area (Å²) >= 11 is 0. The van der Waals surface area contributed by atoms with Crippen LogP contribution >= 0.6 is 0 Å². The molecule has 0 radical (unpaired) electrons. The zero-order valence-corrected chi connectivity index (χ0v) is 13.2. The van der Waals surface area contributed by atoms with Crippen molar-refractivity contribution < 1.29 is 4.98 Å². The van der Waals surface area contributed by atoms with E-state index in [0.717, 1.165) is 28.2 Å². The molecule has 0 atom stereocenters. The summed E-state index contributed by atoms with van der Waals surface area (Å²) in [6.45, 7) is 0. The fraction of sp³-hybridized carbons (Fsp3) is 0. The van der Waals surface area contributed by atoms with Gasteiger partial charge in [-0.2, -0.15) is 0 Å². The maximum absolute atomic E-state index is 4.87. The van der Waals surface area contributed by atoms with Crippen molar-refractivity contribution >= 4 is 0 Å². The van der Waals surface area contributed by atoms with Gasteiger partial charge in [-0.05, 0) is 29.3 Å². The Labute approximate surface area is 141 Å². The summed E-state index contributed by atoms with van der Waals surface area (Å²) in [4.78, 5) is 8.15. The molecule has 0 bridgehead atoms. The molecule has 2 aromatic carbocycles. The normalized spacial score (nSPS) is 10.5. The van der Waals surface area contributed by atoms with Gasteiger partial charge in [-0.3, -0.25) is 0 Å². The molecule has 1 N–H and O–H groups in total. The van der Waals surface area contributed by atoms with Gasteiger partial charge >= 0.3 is 0 Å². The second kappa shape index (κ2) is 6.47. The average molecular weight is 309 g/mol. The molecule has 0 aliphatic carbocycles. The summed E-state index contributed by atoms with van der Waals surface area (Å²) in [7, 11) is 0. The van der Waals surface area contributed by atoms with Gasteiger partial charge in [0.25, 0.3) is 0 Å². The van der Waals surface area contributed by atoms with E-state index in [9.17, 15) is 0 Å². The minimum Gasteiger partial charge on any atom is -0.241 e. The van der Waals surface area contributed by atoms with Crippen molar-refractivity contribution in [3.05, 3.63) is 97.2 Å². The quantitative estimate of drug-likeness (QED) is 0.529. The molecule has 2 aromatic heterocycles. The van der Waals surface area contributed by atoms with Crippen LogP contribution in [-0.4, -0.2) is 4.98 Å². The molecule has 0 aliphatic heterocycles. The van der Waals surface area contributed by atoms with Crippen LogP contribution in [0, 0.1) is 0 Å². The number of aromatic nitrogens is 2. The third kappa shape index (κ3) is 2.95. The summed E-state index contributed by atoms with van der Waals surface area (Å²) < 4.78 is 0. The van der Waals surface area contributed by atoms with Gasteiger partial charge in [-0.1, -0.05) is 60.7 Å². The summed E-state index contributed by atoms with van der Waals surface area (Å²) in [6.07, 6.45) is 1.92. The summed E-state index contributed by atoms with van der Waals surface area (Å²) in [6, 6.07) is 31.0. The molecule has 0 amide bonds. The molecule has 0 aliphatic rings. The average Bonchev–Trinajstić information content (AvgIpc) is 2.70. The van der Waals surface area contributed by atoms with E-state index in [-0.39, 0.29) is 0 Å². The first kappa shape index (κ1) is 14.3. The Morgan fingerprint density at radius 1 is 0.542 bits per heavy atom. The molecule has 4 rings (SSSR count). The number of nitrogens with one attached hydrogen (secondary N) is 1. The predicted molar refractivity (Wildman–Crippen MR) is 97.1 cm³/mol. The van der Waals surface area contributed by atoms with Crippen molar-refractivity contribution in [2.24, 2.45) is 0 Å². The Hall–Kier alpha value is -3.26. The lowest BCUT2D eigenvalue weighted by Gasteiger charge is -2.08. The van der Waals surface area contributed by atoms with E-state index in [1.807, 2.05) is 48.7 Å². The second-order valence-electron chi connectivity index (χ2n) is 5.63. The molecular formula is C22H17N2+. The van der Waals surface area contributed by atoms with Crippen LogP contribution in [0.1, 0.15) is 0 Å². The van der Waals surface area contributed by atoms with Gasteiger partial charge in [0, 0.05) is 17.7 Å². The summed E-state index contributed by atoms with van der Waals surface area (Å²) in [5.41, 5.74) is 6.39. The Kier molecular flexibility index (Phi) is 3.86. The van der Waals surface area contributed by atoms with Gasteiger partial charge in [0.05, 0.1) is 5.69 Å². The van der Waals surface area contributed by atoms with Crippen LogP contribution in [-0.2, 0) is 0 Å². The molecule has 2 heteroatoms. The van der Waals surface area contributed by atoms with Gasteiger partial charge in [0.1, 0.15) is 5.69 Å². The maximum Gasteiger partial charge on any atom is 0.229 e. The van der Waals surface area contributed by atoms with Crippen LogP contribution in [0.5, 0.6) is 0 Å². The first-order valence-electron chi connectivity index (χ1n) is 8.00. The smallest absolute Gasteiger partial charge is 0.229 e. The second-order valence-corrected chi connectivity index (χ2v) is 5.63. The molecule has 4 aromatic rings. The number of nitrogens with zero attached hydrogens (tertiary/aromatic N) is 1. The van der Waals surface area contributed by atoms with E-state index in [2.05, 4.69) is 53.5 Å². The standard InChI is InChI=1S/C22H16N2/c1-3-9-17(10-4-1)19-15-21(18-11-5-2-6-12-18)24-22(16-19)20-13-7-8-14-23-20/h1-16H/p+1. The lowest BCUT2D eigenvalue weighted by molar-refractivity contribution is -0.364. The van der Waals surface area contributed by atoms with Crippen LogP contribution in [0.4, 0.5) is 0 Å². The topological polar surface area (TPSA) is 27.0 Å². The van der Waals surface area contributed by atoms with E-state index in [1.54, 1.807) is 0 Å². The van der Waals surface area contributed by atoms with E-state index in [4.69, 9.17) is 4.98 Å². The summed E-state index contributed by atoms with van der Waals surface area (Å²) in [5, 5.41) is 0. The highest BCUT2D eigenvalue weighted by atomic mass is 14.8. The number of hydrogen-bond acceptors (Lipinski definition) is 1. The van der Waals surface area contributed by atoms with Crippen molar-refractivity contribution in [1.82, 2.24) is 4.98 Å². The number of benzene rings is 2. The SMILES string of the molecule is c1ccc(-c2cc(-c3ccccc3)nc(-c3cccc[nH+]3)c2)cc1. The minimum absolute atomic E-state index is 0.941. The Bertz CT molecular complexity index is 794. The zero-order valence-electron chi connectivity index (χ0n) is 13.2. The number of rotatable bonds is 3. The third-order valence-corrected chi connectivity index (χ3v) is 3.99. The molecule has 0 unspecified atom stereocenters. The van der Waals surface area contributed by atoms with Crippen LogP contribution < -0.4 is 4.98 Å². The first-order chi connectivity index (χ1) is 11.9. The van der Waals surface area contributed by atoms with Gasteiger partial charge in [-0.25, -0.2) is 9.97 Å². The van der Waals surface area contributed by atoms with E-state index < -0.39 is 0 Å². The zero-order chi connectivity index (χ0) is 16.2. The molecule has 0 saturated carbocycles. The predicted octanol–water partition coefficient (Wildman–Crippen LogP) is 4.90. The van der Waals surface area contributed by atoms with Gasteiger partial charge in [0.15, 0.2) is 6.20 Å². The van der Waals surface area contributed by atoms with E-state index in [1.165, 1.54) is 5.56 Å². The fourth-order valence-electron chi connectivity index (χ4n) is 2.78. The van der Waals surface area contributed by atoms with Gasteiger partial charge in [-0.15, -0.1) is 0 Å². The highest BCUT2D eigenvalue weighted by Gasteiger charge is 2.11. The van der Waals surface area contributed by atoms with Crippen molar-refractivity contribution in [1.29, 1.82) is 0 Å². The monoisotopic (exact) mass is 309 g/mol. The highest BCUT2D eigenvalue weighted by molar-refractivity contribution is 5.75. The molecule has 2 nitrogen and oxygen atoms in total. The first-order valence-corrected chi connectivity index (χ1v) is 8.00. The molecular weight excluding hydrogens is 292 g/mol. The maximum atomic E-state index is 4.87. The Balaban J connectivity index is 1.92. The number of hydrogen-bond donors (Lipinski definition) is 0. The number of H-pyrrole nitrogens is 1. The van der Waals surface area contributed by atoms with Crippen molar-refractivity contribution in [2.45, 2.75) is 0 Å². The van der Waals surface area contributed by atoms with Crippen LogP contribution in [0.25, 0.3) is 33.8 Å². The lowest BCUT2D eigenvalue weighted by Crippen LogP contribution is -2.06. The van der Waals surface area contributed by atoms with Gasteiger partial charge in [0.2, 0.25) is 5.69 Å². The Morgan fingerprint density at radius 3 is 1.83 bits per heavy atom. The molecule has 0 fully saturated rings. The number of pyridine rings is 2. The van der Waals surface area contributed by atoms with Crippen molar-refractivity contribution in [2.75, 3.05) is 0 Å². The molecule has 2 heterocycles. The van der Waals surface area contributed by atoms with Crippen LogP contribution in [0.2, 0.25) is 0 Å². The number of aromatic amines is 1. The molecule has 0 spiro atoms. The van der Waals surface area contributed by atoms with Crippen molar-refractivity contribution in [3.8, 4) is 33.8 Å². The van der Waals surface area contributed by atoms with Crippen molar-refractivity contribution in [3.63, 3.8) is 0 Å². The van der Waals surface area contributed by atoms with E-state index >= 15 is 0 Å². The molecule has 24 heavy (non-hydrogen) atoms. The largest absolute Gasteiger partial charge is 0.241 e. The van der Waals surface area contributed by atoms with Gasteiger partial charge < -0.3 is 0 Å². The van der Waals surface area contributed by atoms with Crippen LogP contribution in [0.3, 0.4) is 0 Å². The lowest BCUT2D eigenvalue weighted by atomic mass is 10.0. The highest BCUT2D eigenvalue weighted by Crippen LogP contribution is 2.28. The minimum atomic E-state index is 0.941. The molecule has 114 valence electrons. The third-order valence-electron chi connectivity index (χ3n) is 3.99. The van der Waals surface area contributed by atoms with E-state index in [0.29, 0.717) is 0 Å². The molecule has 0 saturated heterocycles. The Morgan fingerprint density at radius 2 is 1.17 bits per heavy atom. The summed E-state index contributed by atoms with van der Waals surface area (Å²) in [5.74, 6) is 0. The van der Waals surface area contributed by atoms with Crippen LogP contribution in [0.15, 0.2) is 97.2 Å². The fourth-order valence-corrected chi connectivity index (χ4v) is 2.78.